The quantitative estimate of drug-likeness (QED) is 0.820. The second-order valence-corrected chi connectivity index (χ2v) is 5.33. The molecule has 1 aliphatic heterocycles. The molecule has 1 saturated heterocycles. The number of aliphatic carboxylic acids is 1. The van der Waals surface area contributed by atoms with Gasteiger partial charge in [-0.1, -0.05) is 0 Å². The van der Waals surface area contributed by atoms with E-state index >= 15 is 0 Å². The number of carboxylic acid groups (broad SMARTS) is 1. The van der Waals surface area contributed by atoms with Crippen LogP contribution >= 0.6 is 0 Å². The number of methoxy groups -OCH3 is 1. The molecule has 2 fully saturated rings. The lowest BCUT2D eigenvalue weighted by atomic mass is 10.0. The van der Waals surface area contributed by atoms with Crippen molar-refractivity contribution in [1.29, 1.82) is 0 Å². The number of rotatable bonds is 3. The predicted octanol–water partition coefficient (Wildman–Crippen LogP) is 1.12. The van der Waals surface area contributed by atoms with Gasteiger partial charge < -0.3 is 14.7 Å². The van der Waals surface area contributed by atoms with Gasteiger partial charge in [0.1, 0.15) is 0 Å². The number of hydrogen-bond acceptors (Lipinski definition) is 3. The molecule has 1 aliphatic carbocycles. The summed E-state index contributed by atoms with van der Waals surface area (Å²) in [6.07, 6.45) is 3.96. The summed E-state index contributed by atoms with van der Waals surface area (Å²) in [4.78, 5) is 25.1. The minimum Gasteiger partial charge on any atom is -0.481 e. The van der Waals surface area contributed by atoms with Crippen molar-refractivity contribution in [2.75, 3.05) is 20.2 Å². The molecule has 3 atom stereocenters. The van der Waals surface area contributed by atoms with E-state index in [1.807, 2.05) is 4.90 Å². The number of nitrogens with zero attached hydrogens (tertiary/aromatic N) is 1. The lowest BCUT2D eigenvalue weighted by molar-refractivity contribution is -0.142. The van der Waals surface area contributed by atoms with Crippen LogP contribution in [0.4, 0.5) is 0 Å². The lowest BCUT2D eigenvalue weighted by Gasteiger charge is -2.33. The number of piperidine rings is 1. The second-order valence-electron chi connectivity index (χ2n) is 5.33. The molecule has 0 spiro atoms. The Hall–Kier alpha value is -1.10. The van der Waals surface area contributed by atoms with E-state index in [9.17, 15) is 9.59 Å². The van der Waals surface area contributed by atoms with Gasteiger partial charge in [-0.05, 0) is 32.1 Å². The van der Waals surface area contributed by atoms with Crippen molar-refractivity contribution in [2.45, 2.75) is 38.2 Å². The zero-order valence-electron chi connectivity index (χ0n) is 10.8. The third kappa shape index (κ3) is 2.83. The van der Waals surface area contributed by atoms with Crippen LogP contribution < -0.4 is 0 Å². The third-order valence-electron chi connectivity index (χ3n) is 4.15. The van der Waals surface area contributed by atoms with Crippen molar-refractivity contribution in [1.82, 2.24) is 4.90 Å². The summed E-state index contributed by atoms with van der Waals surface area (Å²) >= 11 is 0. The molecule has 1 saturated carbocycles. The predicted molar refractivity (Wildman–Crippen MR) is 65.1 cm³/mol. The highest BCUT2D eigenvalue weighted by Crippen LogP contribution is 2.33. The summed E-state index contributed by atoms with van der Waals surface area (Å²) in [6.45, 7) is 1.44. The van der Waals surface area contributed by atoms with Gasteiger partial charge in [0, 0.05) is 26.1 Å². The highest BCUT2D eigenvalue weighted by atomic mass is 16.5. The molecular formula is C13H21NO4. The Morgan fingerprint density at radius 3 is 2.56 bits per heavy atom. The van der Waals surface area contributed by atoms with Crippen LogP contribution in [0.5, 0.6) is 0 Å². The minimum atomic E-state index is -0.765. The van der Waals surface area contributed by atoms with E-state index in [0.29, 0.717) is 25.8 Å². The molecule has 0 aromatic rings. The van der Waals surface area contributed by atoms with E-state index < -0.39 is 5.97 Å². The summed E-state index contributed by atoms with van der Waals surface area (Å²) in [7, 11) is 1.68. The molecule has 5 nitrogen and oxygen atoms in total. The maximum Gasteiger partial charge on any atom is 0.306 e. The van der Waals surface area contributed by atoms with Crippen LogP contribution in [0.25, 0.3) is 0 Å². The summed E-state index contributed by atoms with van der Waals surface area (Å²) in [5.41, 5.74) is 0. The highest BCUT2D eigenvalue weighted by Gasteiger charge is 2.36. The SMILES string of the molecule is COC1CCCN(C(=O)C2CCC(C(=O)O)C2)C1. The second kappa shape index (κ2) is 5.69. The first-order valence-corrected chi connectivity index (χ1v) is 6.66. The molecule has 102 valence electrons. The molecule has 18 heavy (non-hydrogen) atoms. The Morgan fingerprint density at radius 1 is 1.22 bits per heavy atom. The van der Waals surface area contributed by atoms with Crippen molar-refractivity contribution in [3.8, 4) is 0 Å². The fourth-order valence-electron chi connectivity index (χ4n) is 3.02. The fourth-order valence-corrected chi connectivity index (χ4v) is 3.02. The van der Waals surface area contributed by atoms with E-state index in [4.69, 9.17) is 9.84 Å². The summed E-state index contributed by atoms with van der Waals surface area (Å²) in [6, 6.07) is 0. The monoisotopic (exact) mass is 255 g/mol. The average molecular weight is 255 g/mol. The standard InChI is InChI=1S/C13H21NO4/c1-18-11-3-2-6-14(8-11)12(15)9-4-5-10(7-9)13(16)17/h9-11H,2-8H2,1H3,(H,16,17). The Bertz CT molecular complexity index is 331. The first-order valence-electron chi connectivity index (χ1n) is 6.66. The molecule has 1 heterocycles. The molecule has 2 rings (SSSR count). The van der Waals surface area contributed by atoms with Gasteiger partial charge in [0.05, 0.1) is 12.0 Å². The van der Waals surface area contributed by atoms with Gasteiger partial charge in [-0.3, -0.25) is 9.59 Å². The van der Waals surface area contributed by atoms with Gasteiger partial charge in [0.2, 0.25) is 5.91 Å². The van der Waals surface area contributed by atoms with Crippen LogP contribution in [0.15, 0.2) is 0 Å². The van der Waals surface area contributed by atoms with E-state index in [0.717, 1.165) is 19.4 Å². The normalized spacial score (nSPS) is 32.5. The maximum atomic E-state index is 12.3. The zero-order valence-corrected chi connectivity index (χ0v) is 10.8. The van der Waals surface area contributed by atoms with Crippen LogP contribution in [-0.4, -0.2) is 48.2 Å². The van der Waals surface area contributed by atoms with Crippen molar-refractivity contribution in [2.24, 2.45) is 11.8 Å². The molecule has 0 aromatic carbocycles. The number of carbonyl (C=O) groups excluding carboxylic acids is 1. The molecule has 2 aliphatic rings. The topological polar surface area (TPSA) is 66.8 Å². The van der Waals surface area contributed by atoms with Crippen LogP contribution in [0.1, 0.15) is 32.1 Å². The van der Waals surface area contributed by atoms with Crippen molar-refractivity contribution in [3.05, 3.63) is 0 Å². The Kier molecular flexibility index (Phi) is 4.22. The first-order chi connectivity index (χ1) is 8.61. The van der Waals surface area contributed by atoms with Gasteiger partial charge in [-0.15, -0.1) is 0 Å². The number of likely N-dealkylation sites (tertiary alicyclic amines) is 1. The Labute approximate surface area is 107 Å². The smallest absolute Gasteiger partial charge is 0.306 e. The molecule has 5 heteroatoms. The van der Waals surface area contributed by atoms with E-state index in [-0.39, 0.29) is 23.8 Å². The number of ether oxygens (including phenoxy) is 1. The maximum absolute atomic E-state index is 12.3. The first kappa shape index (κ1) is 13.3. The summed E-state index contributed by atoms with van der Waals surface area (Å²) in [5, 5.41) is 8.96. The van der Waals surface area contributed by atoms with Gasteiger partial charge in [-0.25, -0.2) is 0 Å². The summed E-state index contributed by atoms with van der Waals surface area (Å²) in [5.74, 6) is -1.07. The zero-order chi connectivity index (χ0) is 13.1. The average Bonchev–Trinajstić information content (AvgIpc) is 2.87. The molecule has 0 radical (unpaired) electrons. The molecule has 1 amide bonds. The molecule has 1 N–H and O–H groups in total. The van der Waals surface area contributed by atoms with Gasteiger partial charge >= 0.3 is 5.97 Å². The molecule has 0 bridgehead atoms. The number of amides is 1. The Balaban J connectivity index is 1.89. The largest absolute Gasteiger partial charge is 0.481 e. The van der Waals surface area contributed by atoms with Crippen LogP contribution in [-0.2, 0) is 14.3 Å². The van der Waals surface area contributed by atoms with Crippen LogP contribution in [0, 0.1) is 11.8 Å². The van der Waals surface area contributed by atoms with Crippen LogP contribution in [0.3, 0.4) is 0 Å². The van der Waals surface area contributed by atoms with Gasteiger partial charge in [0.25, 0.3) is 0 Å². The van der Waals surface area contributed by atoms with Crippen molar-refractivity contribution in [3.63, 3.8) is 0 Å². The molecule has 0 aromatic heterocycles. The van der Waals surface area contributed by atoms with Gasteiger partial charge in [0.15, 0.2) is 0 Å². The number of carboxylic acids is 1. The summed E-state index contributed by atoms with van der Waals surface area (Å²) < 4.78 is 5.31. The molecule has 3 unspecified atom stereocenters. The van der Waals surface area contributed by atoms with Crippen molar-refractivity contribution < 1.29 is 19.4 Å². The van der Waals surface area contributed by atoms with Gasteiger partial charge in [-0.2, -0.15) is 0 Å². The molecular weight excluding hydrogens is 234 g/mol. The highest BCUT2D eigenvalue weighted by molar-refractivity contribution is 5.81. The van der Waals surface area contributed by atoms with Crippen LogP contribution in [0.2, 0.25) is 0 Å². The third-order valence-corrected chi connectivity index (χ3v) is 4.15. The van der Waals surface area contributed by atoms with E-state index in [1.165, 1.54) is 0 Å². The van der Waals surface area contributed by atoms with Crippen molar-refractivity contribution >= 4 is 11.9 Å². The number of hydrogen-bond donors (Lipinski definition) is 1. The Morgan fingerprint density at radius 2 is 1.94 bits per heavy atom. The van der Waals surface area contributed by atoms with E-state index in [1.54, 1.807) is 7.11 Å². The fraction of sp³-hybridized carbons (Fsp3) is 0.846. The van der Waals surface area contributed by atoms with E-state index in [2.05, 4.69) is 0 Å². The minimum absolute atomic E-state index is 0.0956. The lowest BCUT2D eigenvalue weighted by Crippen LogP contribution is -2.45. The number of carbonyl (C=O) groups is 2.